The van der Waals surface area contributed by atoms with Gasteiger partial charge in [0.25, 0.3) is 0 Å². The van der Waals surface area contributed by atoms with E-state index in [0.717, 1.165) is 110 Å². The zero-order valence-electron chi connectivity index (χ0n) is 23.1. The van der Waals surface area contributed by atoms with Crippen LogP contribution >= 0.6 is 34.8 Å². The minimum absolute atomic E-state index is 0.693. The molecule has 37 heavy (non-hydrogen) atoms. The summed E-state index contributed by atoms with van der Waals surface area (Å²) in [6.45, 7) is 12.6. The van der Waals surface area contributed by atoms with Crippen molar-refractivity contribution in [1.29, 1.82) is 0 Å². The van der Waals surface area contributed by atoms with Crippen LogP contribution in [0, 0.1) is 0 Å². The molecule has 3 aromatic carbocycles. The lowest BCUT2D eigenvalue weighted by molar-refractivity contribution is 1.04. The van der Waals surface area contributed by atoms with Crippen LogP contribution in [0.4, 0.5) is 17.1 Å². The zero-order valence-corrected chi connectivity index (χ0v) is 25.4. The van der Waals surface area contributed by atoms with E-state index in [1.54, 1.807) is 0 Å². The fourth-order valence-corrected chi connectivity index (χ4v) is 5.82. The molecular weight excluding hydrogens is 521 g/mol. The van der Waals surface area contributed by atoms with E-state index < -0.39 is 0 Å². The number of hydrogen-bond acceptors (Lipinski definition) is 3. The highest BCUT2D eigenvalue weighted by atomic mass is 35.5. The van der Waals surface area contributed by atoms with Crippen LogP contribution in [0.3, 0.4) is 0 Å². The molecule has 6 N–H and O–H groups in total. The maximum Gasteiger partial charge on any atom is 0.0493 e. The van der Waals surface area contributed by atoms with Gasteiger partial charge in [-0.05, 0) is 89.1 Å². The molecule has 3 aromatic rings. The third-order valence-electron chi connectivity index (χ3n) is 7.11. The van der Waals surface area contributed by atoms with Crippen molar-refractivity contribution in [2.75, 3.05) is 17.2 Å². The monoisotopic (exact) mass is 561 g/mol. The third-order valence-corrected chi connectivity index (χ3v) is 8.40. The molecule has 3 rings (SSSR count). The van der Waals surface area contributed by atoms with Gasteiger partial charge in [0, 0.05) is 38.6 Å². The summed E-state index contributed by atoms with van der Waals surface area (Å²) in [5.74, 6) is 0. The molecule has 0 saturated heterocycles. The van der Waals surface area contributed by atoms with Gasteiger partial charge in [0.2, 0.25) is 0 Å². The van der Waals surface area contributed by atoms with Crippen molar-refractivity contribution in [2.45, 2.75) is 86.5 Å². The Kier molecular flexibility index (Phi) is 11.9. The molecule has 0 aliphatic rings. The van der Waals surface area contributed by atoms with Gasteiger partial charge in [-0.3, -0.25) is 0 Å². The van der Waals surface area contributed by atoms with Crippen LogP contribution in [0.5, 0.6) is 0 Å². The fraction of sp³-hybridized carbons (Fsp3) is 0.419. The highest BCUT2D eigenvalue weighted by Gasteiger charge is 2.17. The summed E-state index contributed by atoms with van der Waals surface area (Å²) in [5, 5.41) is 2.31. The number of benzene rings is 3. The smallest absolute Gasteiger partial charge is 0.0493 e. The van der Waals surface area contributed by atoms with Crippen LogP contribution in [0.1, 0.15) is 86.1 Å². The van der Waals surface area contributed by atoms with Crippen molar-refractivity contribution in [3.05, 3.63) is 83.8 Å². The first-order valence-electron chi connectivity index (χ1n) is 13.3. The van der Waals surface area contributed by atoms with E-state index in [2.05, 4.69) is 53.7 Å². The first kappa shape index (κ1) is 31.1. The van der Waals surface area contributed by atoms with E-state index in [4.69, 9.17) is 52.0 Å². The van der Waals surface area contributed by atoms with Crippen LogP contribution in [0.2, 0.25) is 15.1 Å². The molecule has 0 heterocycles. The molecule has 3 nitrogen and oxygen atoms in total. The van der Waals surface area contributed by atoms with Crippen molar-refractivity contribution >= 4 is 51.9 Å². The molecule has 0 aliphatic carbocycles. The first-order valence-corrected chi connectivity index (χ1v) is 14.5. The van der Waals surface area contributed by atoms with Crippen LogP contribution in [0.15, 0.2) is 24.3 Å². The lowest BCUT2D eigenvalue weighted by atomic mass is 9.92. The number of aryl methyl sites for hydroxylation is 3. The van der Waals surface area contributed by atoms with Gasteiger partial charge in [0.15, 0.2) is 0 Å². The van der Waals surface area contributed by atoms with E-state index in [1.165, 1.54) is 5.56 Å². The van der Waals surface area contributed by atoms with Crippen molar-refractivity contribution < 1.29 is 0 Å². The Bertz CT molecular complexity index is 1170. The van der Waals surface area contributed by atoms with Gasteiger partial charge in [-0.1, -0.05) is 94.5 Å². The van der Waals surface area contributed by atoms with Gasteiger partial charge in [-0.25, -0.2) is 0 Å². The zero-order chi connectivity index (χ0) is 27.9. The molecule has 0 unspecified atom stereocenters. The van der Waals surface area contributed by atoms with Crippen molar-refractivity contribution in [2.24, 2.45) is 0 Å². The molecule has 0 amide bonds. The summed E-state index contributed by atoms with van der Waals surface area (Å²) >= 11 is 19.3. The number of halogens is 3. The van der Waals surface area contributed by atoms with Crippen molar-refractivity contribution in [1.82, 2.24) is 0 Å². The number of rotatable bonds is 8. The van der Waals surface area contributed by atoms with E-state index in [0.29, 0.717) is 6.42 Å². The van der Waals surface area contributed by atoms with Gasteiger partial charge in [-0.2, -0.15) is 0 Å². The number of nitrogens with two attached hydrogens (primary N) is 3. The molecular formula is C31H42Cl3N3. The van der Waals surface area contributed by atoms with E-state index >= 15 is 0 Å². The lowest BCUT2D eigenvalue weighted by Gasteiger charge is -2.18. The quantitative estimate of drug-likeness (QED) is 0.240. The fourth-order valence-electron chi connectivity index (χ4n) is 4.81. The summed E-state index contributed by atoms with van der Waals surface area (Å²) in [4.78, 5) is 0. The third kappa shape index (κ3) is 6.88. The molecule has 0 bridgehead atoms. The van der Waals surface area contributed by atoms with Crippen LogP contribution < -0.4 is 17.2 Å². The summed E-state index contributed by atoms with van der Waals surface area (Å²) < 4.78 is 0. The van der Waals surface area contributed by atoms with Crippen LogP contribution in [-0.4, -0.2) is 0 Å². The highest BCUT2D eigenvalue weighted by molar-refractivity contribution is 6.33. The van der Waals surface area contributed by atoms with E-state index in [1.807, 2.05) is 12.1 Å². The van der Waals surface area contributed by atoms with Crippen molar-refractivity contribution in [3.63, 3.8) is 0 Å². The molecule has 0 radical (unpaired) electrons. The molecule has 6 heteroatoms. The summed E-state index contributed by atoms with van der Waals surface area (Å²) in [7, 11) is 0. The van der Waals surface area contributed by atoms with Crippen LogP contribution in [0.25, 0.3) is 0 Å². The Balaban J connectivity index is 0.000000335. The standard InChI is InChI=1S/C21H28Cl2N2.C10H14ClN/c1-5-12-9-14(18(22)16(7-3)20(12)24)11-15-10-13(6-2)21(25)17(8-4)19(15)23;1-3-7-5-6-9(11)8(4-2)10(7)12/h9-10H,5-8,11,24-25H2,1-4H3;5-6H,3-4,12H2,1-2H3. The predicted octanol–water partition coefficient (Wildman–Crippen LogP) is 9.05. The van der Waals surface area contributed by atoms with Gasteiger partial charge >= 0.3 is 0 Å². The Morgan fingerprint density at radius 1 is 0.486 bits per heavy atom. The molecule has 0 spiro atoms. The normalized spacial score (nSPS) is 10.8. The van der Waals surface area contributed by atoms with Gasteiger partial charge < -0.3 is 17.2 Å². The molecule has 0 aliphatic heterocycles. The molecule has 0 atom stereocenters. The minimum atomic E-state index is 0.693. The second kappa shape index (κ2) is 14.2. The second-order valence-corrected chi connectivity index (χ2v) is 10.4. The molecule has 0 aromatic heterocycles. The van der Waals surface area contributed by atoms with E-state index in [9.17, 15) is 0 Å². The maximum absolute atomic E-state index is 6.68. The summed E-state index contributed by atoms with van der Waals surface area (Å²) in [6.07, 6.45) is 5.98. The highest BCUT2D eigenvalue weighted by Crippen LogP contribution is 2.36. The van der Waals surface area contributed by atoms with Gasteiger partial charge in [0.05, 0.1) is 0 Å². The SMILES string of the molecule is CCc1cc(Cc2cc(CC)c(N)c(CC)c2Cl)c(Cl)c(CC)c1N.CCc1ccc(Cl)c(CC)c1N. The Morgan fingerprint density at radius 2 is 0.865 bits per heavy atom. The van der Waals surface area contributed by atoms with Gasteiger partial charge in [0.1, 0.15) is 0 Å². The lowest BCUT2D eigenvalue weighted by Crippen LogP contribution is -2.06. The molecule has 202 valence electrons. The average Bonchev–Trinajstić information content (AvgIpc) is 2.88. The maximum atomic E-state index is 6.68. The predicted molar refractivity (Wildman–Crippen MR) is 167 cm³/mol. The second-order valence-electron chi connectivity index (χ2n) is 9.20. The summed E-state index contributed by atoms with van der Waals surface area (Å²) in [5.41, 5.74) is 29.8. The topological polar surface area (TPSA) is 78.1 Å². The number of hydrogen-bond donors (Lipinski definition) is 3. The number of nitrogen functional groups attached to an aromatic ring is 3. The van der Waals surface area contributed by atoms with Crippen LogP contribution in [-0.2, 0) is 44.9 Å². The molecule has 0 saturated carbocycles. The Hall–Kier alpha value is -2.07. The van der Waals surface area contributed by atoms with E-state index in [-0.39, 0.29) is 0 Å². The minimum Gasteiger partial charge on any atom is -0.398 e. The number of anilines is 3. The Labute approximate surface area is 238 Å². The summed E-state index contributed by atoms with van der Waals surface area (Å²) in [6, 6.07) is 8.17. The average molecular weight is 563 g/mol. The van der Waals surface area contributed by atoms with Gasteiger partial charge in [-0.15, -0.1) is 0 Å². The largest absolute Gasteiger partial charge is 0.398 e. The molecule has 0 fully saturated rings. The van der Waals surface area contributed by atoms with Crippen molar-refractivity contribution in [3.8, 4) is 0 Å². The first-order chi connectivity index (χ1) is 17.6. The Morgan fingerprint density at radius 3 is 1.22 bits per heavy atom.